The molecule has 7 heteroatoms. The number of thiophene rings is 1. The van der Waals surface area contributed by atoms with Gasteiger partial charge in [-0.25, -0.2) is 4.79 Å². The number of Topliss-reactive ketones (excluding diaryl/α,β-unsaturated/α-hetero) is 1. The molecule has 0 saturated heterocycles. The fourth-order valence-electron chi connectivity index (χ4n) is 1.27. The van der Waals surface area contributed by atoms with Crippen LogP contribution < -0.4 is 11.2 Å². The Hall–Kier alpha value is -1.66. The van der Waals surface area contributed by atoms with E-state index in [0.717, 1.165) is 10.8 Å². The summed E-state index contributed by atoms with van der Waals surface area (Å²) >= 11 is 6.88. The second-order valence-corrected chi connectivity index (χ2v) is 4.62. The summed E-state index contributed by atoms with van der Waals surface area (Å²) in [5.74, 6) is -0.204. The third-order valence-corrected chi connectivity index (χ3v) is 3.26. The van der Waals surface area contributed by atoms with E-state index in [0.29, 0.717) is 4.88 Å². The van der Waals surface area contributed by atoms with Gasteiger partial charge >= 0.3 is 5.69 Å². The summed E-state index contributed by atoms with van der Waals surface area (Å²) in [6, 6.07) is 3.42. The van der Waals surface area contributed by atoms with Crippen LogP contribution in [0.15, 0.2) is 33.3 Å². The monoisotopic (exact) mass is 270 g/mol. The van der Waals surface area contributed by atoms with Crippen molar-refractivity contribution in [3.8, 4) is 0 Å². The number of H-pyrrole nitrogens is 1. The molecule has 0 spiro atoms. The van der Waals surface area contributed by atoms with Crippen LogP contribution in [0.5, 0.6) is 0 Å². The molecule has 0 aliphatic heterocycles. The van der Waals surface area contributed by atoms with Crippen LogP contribution in [-0.4, -0.2) is 15.3 Å². The first kappa shape index (κ1) is 11.8. The molecule has 0 aromatic carbocycles. The molecule has 2 heterocycles. The number of nitrogens with zero attached hydrogens (tertiary/aromatic N) is 1. The Kier molecular flexibility index (Phi) is 3.26. The van der Waals surface area contributed by atoms with E-state index >= 15 is 0 Å². The van der Waals surface area contributed by atoms with Gasteiger partial charge in [0, 0.05) is 6.20 Å². The molecule has 0 bridgehead atoms. The van der Waals surface area contributed by atoms with Gasteiger partial charge < -0.3 is 0 Å². The molecule has 0 saturated carbocycles. The molecule has 88 valence electrons. The highest BCUT2D eigenvalue weighted by atomic mass is 35.5. The highest BCUT2D eigenvalue weighted by Crippen LogP contribution is 2.10. The lowest BCUT2D eigenvalue weighted by Gasteiger charge is -2.02. The SMILES string of the molecule is O=C(Cn1cc(Cl)c(=O)[nH]c1=O)c1cccs1. The van der Waals surface area contributed by atoms with E-state index in [2.05, 4.69) is 0 Å². The van der Waals surface area contributed by atoms with E-state index in [1.807, 2.05) is 4.98 Å². The topological polar surface area (TPSA) is 71.9 Å². The fourth-order valence-corrected chi connectivity index (χ4v) is 2.09. The van der Waals surface area contributed by atoms with Crippen LogP contribution in [0.1, 0.15) is 9.67 Å². The molecule has 0 atom stereocenters. The average molecular weight is 271 g/mol. The zero-order chi connectivity index (χ0) is 12.4. The molecule has 1 N–H and O–H groups in total. The fraction of sp³-hybridized carbons (Fsp3) is 0.100. The number of halogens is 1. The molecule has 0 amide bonds. The van der Waals surface area contributed by atoms with Crippen molar-refractivity contribution in [3.63, 3.8) is 0 Å². The summed E-state index contributed by atoms with van der Waals surface area (Å²) < 4.78 is 1.08. The first-order chi connectivity index (χ1) is 8.08. The smallest absolute Gasteiger partial charge is 0.291 e. The van der Waals surface area contributed by atoms with Crippen LogP contribution >= 0.6 is 22.9 Å². The number of hydrogen-bond acceptors (Lipinski definition) is 4. The molecule has 0 aliphatic rings. The van der Waals surface area contributed by atoms with E-state index in [1.54, 1.807) is 17.5 Å². The lowest BCUT2D eigenvalue weighted by Crippen LogP contribution is -2.31. The molecule has 0 radical (unpaired) electrons. The second-order valence-electron chi connectivity index (χ2n) is 3.26. The summed E-state index contributed by atoms with van der Waals surface area (Å²) in [5.41, 5.74) is -1.30. The van der Waals surface area contributed by atoms with Crippen molar-refractivity contribution >= 4 is 28.7 Å². The molecule has 5 nitrogen and oxygen atoms in total. The van der Waals surface area contributed by atoms with E-state index in [9.17, 15) is 14.4 Å². The first-order valence-electron chi connectivity index (χ1n) is 4.64. The number of carbonyl (C=O) groups excluding carboxylic acids is 1. The van der Waals surface area contributed by atoms with Gasteiger partial charge in [-0.05, 0) is 11.4 Å². The van der Waals surface area contributed by atoms with Gasteiger partial charge in [0.1, 0.15) is 5.02 Å². The van der Waals surface area contributed by atoms with Gasteiger partial charge in [0.25, 0.3) is 5.56 Å². The standard InChI is InChI=1S/C10H7ClN2O3S/c11-6-4-13(10(16)12-9(6)15)5-7(14)8-2-1-3-17-8/h1-4H,5H2,(H,12,15,16). The van der Waals surface area contributed by atoms with E-state index in [-0.39, 0.29) is 17.4 Å². The van der Waals surface area contributed by atoms with Gasteiger partial charge in [-0.3, -0.25) is 19.1 Å². The Labute approximate surface area is 104 Å². The van der Waals surface area contributed by atoms with Crippen LogP contribution in [0.4, 0.5) is 0 Å². The molecular formula is C10H7ClN2O3S. The van der Waals surface area contributed by atoms with Crippen molar-refractivity contribution in [1.29, 1.82) is 0 Å². The first-order valence-corrected chi connectivity index (χ1v) is 5.89. The van der Waals surface area contributed by atoms with Gasteiger partial charge in [0.15, 0.2) is 5.78 Å². The Morgan fingerprint density at radius 2 is 2.24 bits per heavy atom. The minimum absolute atomic E-state index is 0.122. The average Bonchev–Trinajstić information content (AvgIpc) is 2.79. The molecule has 2 rings (SSSR count). The number of rotatable bonds is 3. The number of carbonyl (C=O) groups is 1. The summed E-state index contributed by atoms with van der Waals surface area (Å²) in [6.45, 7) is -0.143. The molecule has 17 heavy (non-hydrogen) atoms. The largest absolute Gasteiger partial charge is 0.328 e. The highest BCUT2D eigenvalue weighted by Gasteiger charge is 2.10. The zero-order valence-electron chi connectivity index (χ0n) is 8.47. The van der Waals surface area contributed by atoms with Crippen LogP contribution in [0.2, 0.25) is 5.02 Å². The molecule has 0 aliphatic carbocycles. The molecule has 2 aromatic rings. The number of aromatic amines is 1. The lowest BCUT2D eigenvalue weighted by molar-refractivity contribution is 0.0974. The van der Waals surface area contributed by atoms with Gasteiger partial charge in [0.2, 0.25) is 0 Å². The van der Waals surface area contributed by atoms with Gasteiger partial charge in [0.05, 0.1) is 11.4 Å². The normalized spacial score (nSPS) is 10.4. The number of hydrogen-bond donors (Lipinski definition) is 1. The van der Waals surface area contributed by atoms with Crippen molar-refractivity contribution in [2.45, 2.75) is 6.54 Å². The van der Waals surface area contributed by atoms with Gasteiger partial charge in [-0.1, -0.05) is 17.7 Å². The van der Waals surface area contributed by atoms with Crippen LogP contribution in [0.3, 0.4) is 0 Å². The van der Waals surface area contributed by atoms with E-state index in [1.165, 1.54) is 11.3 Å². The van der Waals surface area contributed by atoms with E-state index < -0.39 is 11.2 Å². The number of nitrogens with one attached hydrogen (secondary N) is 1. The van der Waals surface area contributed by atoms with Gasteiger partial charge in [-0.2, -0.15) is 0 Å². The van der Waals surface area contributed by atoms with E-state index in [4.69, 9.17) is 11.6 Å². The quantitative estimate of drug-likeness (QED) is 0.850. The predicted octanol–water partition coefficient (Wildman–Crippen LogP) is 1.13. The zero-order valence-corrected chi connectivity index (χ0v) is 10.0. The van der Waals surface area contributed by atoms with Crippen LogP contribution in [-0.2, 0) is 6.54 Å². The van der Waals surface area contributed by atoms with Crippen molar-refractivity contribution in [2.24, 2.45) is 0 Å². The molecule has 0 fully saturated rings. The third kappa shape index (κ3) is 2.54. The molecule has 0 unspecified atom stereocenters. The summed E-state index contributed by atoms with van der Waals surface area (Å²) in [7, 11) is 0. The number of aromatic nitrogens is 2. The van der Waals surface area contributed by atoms with Crippen molar-refractivity contribution in [3.05, 3.63) is 54.4 Å². The van der Waals surface area contributed by atoms with Crippen molar-refractivity contribution < 1.29 is 4.79 Å². The second kappa shape index (κ2) is 4.68. The maximum absolute atomic E-state index is 11.7. The van der Waals surface area contributed by atoms with Crippen LogP contribution in [0, 0.1) is 0 Å². The maximum Gasteiger partial charge on any atom is 0.328 e. The molecular weight excluding hydrogens is 264 g/mol. The van der Waals surface area contributed by atoms with Crippen molar-refractivity contribution in [1.82, 2.24) is 9.55 Å². The minimum atomic E-state index is -0.656. The highest BCUT2D eigenvalue weighted by molar-refractivity contribution is 7.12. The number of ketones is 1. The Morgan fingerprint density at radius 1 is 1.47 bits per heavy atom. The Balaban J connectivity index is 2.31. The minimum Gasteiger partial charge on any atom is -0.291 e. The molecule has 2 aromatic heterocycles. The Morgan fingerprint density at radius 3 is 2.88 bits per heavy atom. The summed E-state index contributed by atoms with van der Waals surface area (Å²) in [5, 5.41) is 1.65. The summed E-state index contributed by atoms with van der Waals surface area (Å²) in [4.78, 5) is 36.7. The summed E-state index contributed by atoms with van der Waals surface area (Å²) in [6.07, 6.45) is 1.16. The Bertz CT molecular complexity index is 657. The van der Waals surface area contributed by atoms with Crippen molar-refractivity contribution in [2.75, 3.05) is 0 Å². The van der Waals surface area contributed by atoms with Crippen LogP contribution in [0.25, 0.3) is 0 Å². The predicted molar refractivity (Wildman–Crippen MR) is 65.0 cm³/mol. The third-order valence-electron chi connectivity index (χ3n) is 2.08. The lowest BCUT2D eigenvalue weighted by atomic mass is 10.3. The maximum atomic E-state index is 11.7. The van der Waals surface area contributed by atoms with Gasteiger partial charge in [-0.15, -0.1) is 11.3 Å².